The monoisotopic (exact) mass is 474 g/mol. The van der Waals surface area contributed by atoms with Gasteiger partial charge in [0.1, 0.15) is 0 Å². The lowest BCUT2D eigenvalue weighted by molar-refractivity contribution is -0.0891. The van der Waals surface area contributed by atoms with Crippen LogP contribution in [0, 0.1) is 0 Å². The Labute approximate surface area is 206 Å². The van der Waals surface area contributed by atoms with Gasteiger partial charge in [0, 0.05) is 6.61 Å². The maximum absolute atomic E-state index is 8.97. The number of ether oxygens (including phenoxy) is 4. The molecule has 4 atom stereocenters. The zero-order chi connectivity index (χ0) is 24.6. The van der Waals surface area contributed by atoms with Crippen LogP contribution in [0.3, 0.4) is 0 Å². The van der Waals surface area contributed by atoms with Crippen LogP contribution in [-0.2, 0) is 18.9 Å². The third-order valence-corrected chi connectivity index (χ3v) is 6.00. The zero-order valence-electron chi connectivity index (χ0n) is 22.8. The van der Waals surface area contributed by atoms with Crippen LogP contribution in [0.1, 0.15) is 125 Å². The molecule has 1 N–H and O–H groups in total. The highest BCUT2D eigenvalue weighted by Gasteiger charge is 2.11. The first-order valence-corrected chi connectivity index (χ1v) is 14.1. The van der Waals surface area contributed by atoms with Crippen molar-refractivity contribution in [2.75, 3.05) is 33.0 Å². The SMILES string of the molecule is CCCCCCCCCCCCCCCCOC(C)COC(C)COC(C)COC(C)CO. The van der Waals surface area contributed by atoms with E-state index in [-0.39, 0.29) is 31.0 Å². The summed E-state index contributed by atoms with van der Waals surface area (Å²) >= 11 is 0. The van der Waals surface area contributed by atoms with Crippen molar-refractivity contribution in [2.24, 2.45) is 0 Å². The molecule has 0 fully saturated rings. The normalized spacial score (nSPS) is 15.5. The van der Waals surface area contributed by atoms with Crippen LogP contribution < -0.4 is 0 Å². The number of hydrogen-bond acceptors (Lipinski definition) is 5. The van der Waals surface area contributed by atoms with Crippen molar-refractivity contribution in [2.45, 2.75) is 149 Å². The highest BCUT2D eigenvalue weighted by atomic mass is 16.6. The lowest BCUT2D eigenvalue weighted by atomic mass is 10.0. The standard InChI is InChI=1S/C28H58O5/c1-6-7-8-9-10-11-12-13-14-15-16-17-18-19-20-30-26(3)22-32-28(5)24-33-27(4)23-31-25(2)21-29/h25-29H,6-24H2,1-5H3. The lowest BCUT2D eigenvalue weighted by Gasteiger charge is -2.21. The molecule has 0 bridgehead atoms. The molecule has 200 valence electrons. The van der Waals surface area contributed by atoms with Crippen LogP contribution in [0.4, 0.5) is 0 Å². The van der Waals surface area contributed by atoms with Crippen molar-refractivity contribution in [3.05, 3.63) is 0 Å². The van der Waals surface area contributed by atoms with Gasteiger partial charge in [0.25, 0.3) is 0 Å². The average Bonchev–Trinajstić information content (AvgIpc) is 2.82. The van der Waals surface area contributed by atoms with E-state index >= 15 is 0 Å². The van der Waals surface area contributed by atoms with Crippen LogP contribution in [0.15, 0.2) is 0 Å². The largest absolute Gasteiger partial charge is 0.394 e. The fraction of sp³-hybridized carbons (Fsp3) is 1.00. The summed E-state index contributed by atoms with van der Waals surface area (Å²) in [6.07, 6.45) is 19.3. The van der Waals surface area contributed by atoms with Gasteiger partial charge in [0.15, 0.2) is 0 Å². The Bertz CT molecular complexity index is 379. The topological polar surface area (TPSA) is 57.2 Å². The van der Waals surface area contributed by atoms with Crippen LogP contribution in [0.25, 0.3) is 0 Å². The second-order valence-corrected chi connectivity index (χ2v) is 9.89. The predicted molar refractivity (Wildman–Crippen MR) is 139 cm³/mol. The summed E-state index contributed by atoms with van der Waals surface area (Å²) in [6, 6.07) is 0. The Morgan fingerprint density at radius 1 is 0.455 bits per heavy atom. The van der Waals surface area contributed by atoms with Crippen molar-refractivity contribution in [3.63, 3.8) is 0 Å². The first-order chi connectivity index (χ1) is 16.0. The van der Waals surface area contributed by atoms with E-state index in [9.17, 15) is 0 Å². The first kappa shape index (κ1) is 32.8. The number of aliphatic hydroxyl groups is 1. The zero-order valence-corrected chi connectivity index (χ0v) is 22.8. The fourth-order valence-corrected chi connectivity index (χ4v) is 3.68. The quantitative estimate of drug-likeness (QED) is 0.136. The Morgan fingerprint density at radius 2 is 0.788 bits per heavy atom. The fourth-order valence-electron chi connectivity index (χ4n) is 3.68. The molecule has 0 aliphatic carbocycles. The number of hydrogen-bond donors (Lipinski definition) is 1. The highest BCUT2D eigenvalue weighted by molar-refractivity contribution is 4.57. The Morgan fingerprint density at radius 3 is 1.18 bits per heavy atom. The van der Waals surface area contributed by atoms with Crippen molar-refractivity contribution in [1.82, 2.24) is 0 Å². The average molecular weight is 475 g/mol. The Balaban J connectivity index is 3.37. The molecule has 0 aliphatic heterocycles. The van der Waals surface area contributed by atoms with Gasteiger partial charge in [-0.15, -0.1) is 0 Å². The van der Waals surface area contributed by atoms with Gasteiger partial charge >= 0.3 is 0 Å². The van der Waals surface area contributed by atoms with E-state index in [2.05, 4.69) is 13.8 Å². The smallest absolute Gasteiger partial charge is 0.0781 e. The van der Waals surface area contributed by atoms with E-state index in [0.29, 0.717) is 19.8 Å². The summed E-state index contributed by atoms with van der Waals surface area (Å²) in [7, 11) is 0. The molecule has 4 unspecified atom stereocenters. The molecule has 0 aromatic rings. The maximum Gasteiger partial charge on any atom is 0.0781 e. The summed E-state index contributed by atoms with van der Waals surface area (Å²) in [5, 5.41) is 8.97. The second kappa shape index (κ2) is 24.9. The Hall–Kier alpha value is -0.200. The third-order valence-electron chi connectivity index (χ3n) is 6.00. The van der Waals surface area contributed by atoms with Gasteiger partial charge in [-0.25, -0.2) is 0 Å². The summed E-state index contributed by atoms with van der Waals surface area (Å²) in [4.78, 5) is 0. The highest BCUT2D eigenvalue weighted by Crippen LogP contribution is 2.13. The van der Waals surface area contributed by atoms with Crippen molar-refractivity contribution < 1.29 is 24.1 Å². The molecule has 0 rings (SSSR count). The van der Waals surface area contributed by atoms with Crippen LogP contribution in [0.2, 0.25) is 0 Å². The van der Waals surface area contributed by atoms with Crippen LogP contribution >= 0.6 is 0 Å². The molecule has 5 heteroatoms. The molecule has 0 aromatic carbocycles. The van der Waals surface area contributed by atoms with Gasteiger partial charge in [-0.2, -0.15) is 0 Å². The number of unbranched alkanes of at least 4 members (excludes halogenated alkanes) is 13. The lowest BCUT2D eigenvalue weighted by Crippen LogP contribution is -2.28. The van der Waals surface area contributed by atoms with Gasteiger partial charge in [0.05, 0.1) is 50.8 Å². The molecule has 0 amide bonds. The van der Waals surface area contributed by atoms with Gasteiger partial charge < -0.3 is 24.1 Å². The predicted octanol–water partition coefficient (Wildman–Crippen LogP) is 7.08. The van der Waals surface area contributed by atoms with Crippen molar-refractivity contribution in [3.8, 4) is 0 Å². The van der Waals surface area contributed by atoms with Gasteiger partial charge in [-0.1, -0.05) is 90.4 Å². The molecule has 5 nitrogen and oxygen atoms in total. The maximum atomic E-state index is 8.97. The minimum atomic E-state index is -0.151. The minimum absolute atomic E-state index is 0.0148. The van der Waals surface area contributed by atoms with Crippen LogP contribution in [0.5, 0.6) is 0 Å². The molecule has 0 aliphatic rings. The second-order valence-electron chi connectivity index (χ2n) is 9.89. The minimum Gasteiger partial charge on any atom is -0.394 e. The molecule has 0 saturated carbocycles. The van der Waals surface area contributed by atoms with E-state index in [0.717, 1.165) is 13.0 Å². The Kier molecular flexibility index (Phi) is 24.8. The van der Waals surface area contributed by atoms with E-state index in [1.54, 1.807) is 0 Å². The number of aliphatic hydroxyl groups excluding tert-OH is 1. The van der Waals surface area contributed by atoms with E-state index < -0.39 is 0 Å². The van der Waals surface area contributed by atoms with Gasteiger partial charge in [-0.05, 0) is 34.1 Å². The van der Waals surface area contributed by atoms with Gasteiger partial charge in [-0.3, -0.25) is 0 Å². The van der Waals surface area contributed by atoms with E-state index in [1.807, 2.05) is 20.8 Å². The van der Waals surface area contributed by atoms with Crippen molar-refractivity contribution in [1.29, 1.82) is 0 Å². The molecular weight excluding hydrogens is 416 g/mol. The van der Waals surface area contributed by atoms with E-state index in [4.69, 9.17) is 24.1 Å². The molecule has 0 spiro atoms. The molecule has 0 saturated heterocycles. The summed E-state index contributed by atoms with van der Waals surface area (Å²) in [6.45, 7) is 12.7. The number of rotatable bonds is 26. The summed E-state index contributed by atoms with van der Waals surface area (Å²) in [5.74, 6) is 0. The first-order valence-electron chi connectivity index (χ1n) is 14.1. The third kappa shape index (κ3) is 24.7. The molecule has 0 heterocycles. The molecule has 0 aromatic heterocycles. The molecular formula is C28H58O5. The van der Waals surface area contributed by atoms with E-state index in [1.165, 1.54) is 83.5 Å². The summed E-state index contributed by atoms with van der Waals surface area (Å²) < 4.78 is 23.0. The van der Waals surface area contributed by atoms with Gasteiger partial charge in [0.2, 0.25) is 0 Å². The van der Waals surface area contributed by atoms with Crippen molar-refractivity contribution >= 4 is 0 Å². The molecule has 33 heavy (non-hydrogen) atoms. The summed E-state index contributed by atoms with van der Waals surface area (Å²) in [5.41, 5.74) is 0. The molecule has 0 radical (unpaired) electrons. The van der Waals surface area contributed by atoms with Crippen LogP contribution in [-0.4, -0.2) is 62.6 Å².